The summed E-state index contributed by atoms with van der Waals surface area (Å²) in [6, 6.07) is 0. The normalized spacial score (nSPS) is 9.62. The third-order valence-corrected chi connectivity index (χ3v) is 0.660. The quantitative estimate of drug-likeness (QED) is 0.382. The van der Waals surface area contributed by atoms with Crippen molar-refractivity contribution in [3.63, 3.8) is 0 Å². The lowest BCUT2D eigenvalue weighted by molar-refractivity contribution is 0.368. The van der Waals surface area contributed by atoms with E-state index >= 15 is 0 Å². The first-order chi connectivity index (χ1) is 3.93. The van der Waals surface area contributed by atoms with Gasteiger partial charge in [-0.25, -0.2) is 0 Å². The molecule has 5 nitrogen and oxygen atoms in total. The van der Waals surface area contributed by atoms with Gasteiger partial charge in [-0.15, -0.1) is 0 Å². The van der Waals surface area contributed by atoms with Gasteiger partial charge in [-0.3, -0.25) is 11.3 Å². The number of nitrogens with zero attached hydrogens (tertiary/aromatic N) is 2. The fourth-order valence-electron chi connectivity index (χ4n) is 0.361. The molecule has 1 aromatic rings. The van der Waals surface area contributed by atoms with Gasteiger partial charge in [-0.05, 0) is 0 Å². The summed E-state index contributed by atoms with van der Waals surface area (Å²) in [7, 11) is 0. The maximum absolute atomic E-state index is 4.94. The first-order valence-corrected chi connectivity index (χ1v) is 2.12. The lowest BCUT2D eigenvalue weighted by Gasteiger charge is -1.85. The summed E-state index contributed by atoms with van der Waals surface area (Å²) >= 11 is 0. The summed E-state index contributed by atoms with van der Waals surface area (Å²) < 4.78 is 4.57. The third-order valence-electron chi connectivity index (χ3n) is 0.660. The van der Waals surface area contributed by atoms with E-state index in [1.54, 1.807) is 0 Å². The lowest BCUT2D eigenvalue weighted by atomic mass is 10.7. The fraction of sp³-hybridized carbons (Fsp3) is 0.333. The van der Waals surface area contributed by atoms with Crippen LogP contribution in [0.3, 0.4) is 0 Å². The van der Waals surface area contributed by atoms with Crippen LogP contribution in [-0.4, -0.2) is 10.1 Å². The van der Waals surface area contributed by atoms with Gasteiger partial charge in [-0.2, -0.15) is 4.98 Å². The number of hydrogen-bond donors (Lipinski definition) is 2. The molecule has 0 aliphatic heterocycles. The molecule has 0 radical (unpaired) electrons. The average molecular weight is 114 g/mol. The van der Waals surface area contributed by atoms with Crippen LogP contribution in [0.5, 0.6) is 0 Å². The molecule has 3 N–H and O–H groups in total. The molecule has 0 unspecified atom stereocenters. The molecular formula is C3H6N4O. The van der Waals surface area contributed by atoms with Crippen LogP contribution >= 0.6 is 0 Å². The molecule has 8 heavy (non-hydrogen) atoms. The Balaban J connectivity index is 2.50. The summed E-state index contributed by atoms with van der Waals surface area (Å²) in [6.07, 6.45) is 1.33. The van der Waals surface area contributed by atoms with Gasteiger partial charge in [0.15, 0.2) is 6.33 Å². The van der Waals surface area contributed by atoms with Crippen molar-refractivity contribution in [2.75, 3.05) is 0 Å². The van der Waals surface area contributed by atoms with E-state index in [4.69, 9.17) is 5.84 Å². The number of nitrogens with one attached hydrogen (secondary N) is 1. The van der Waals surface area contributed by atoms with Crippen LogP contribution in [0.4, 0.5) is 0 Å². The van der Waals surface area contributed by atoms with E-state index in [2.05, 4.69) is 20.1 Å². The minimum Gasteiger partial charge on any atom is -0.338 e. The smallest absolute Gasteiger partial charge is 0.241 e. The molecule has 0 aliphatic carbocycles. The molecule has 0 bridgehead atoms. The van der Waals surface area contributed by atoms with Crippen LogP contribution < -0.4 is 11.3 Å². The van der Waals surface area contributed by atoms with Crippen LogP contribution in [0.15, 0.2) is 10.9 Å². The predicted molar refractivity (Wildman–Crippen MR) is 25.3 cm³/mol. The molecule has 0 aromatic carbocycles. The van der Waals surface area contributed by atoms with Gasteiger partial charge < -0.3 is 4.52 Å². The van der Waals surface area contributed by atoms with E-state index < -0.39 is 0 Å². The zero-order valence-electron chi connectivity index (χ0n) is 4.16. The molecule has 0 saturated heterocycles. The molecule has 44 valence electrons. The van der Waals surface area contributed by atoms with E-state index in [1.807, 2.05) is 0 Å². The highest BCUT2D eigenvalue weighted by Crippen LogP contribution is 1.85. The van der Waals surface area contributed by atoms with Crippen LogP contribution in [0.1, 0.15) is 5.89 Å². The second-order valence-corrected chi connectivity index (χ2v) is 1.22. The maximum atomic E-state index is 4.94. The Kier molecular flexibility index (Phi) is 1.55. The van der Waals surface area contributed by atoms with Crippen LogP contribution in [0.2, 0.25) is 0 Å². The van der Waals surface area contributed by atoms with Crippen molar-refractivity contribution in [2.45, 2.75) is 6.54 Å². The second kappa shape index (κ2) is 2.39. The van der Waals surface area contributed by atoms with E-state index in [1.165, 1.54) is 6.33 Å². The maximum Gasteiger partial charge on any atom is 0.241 e. The first kappa shape index (κ1) is 5.20. The Morgan fingerprint density at radius 2 is 2.75 bits per heavy atom. The Labute approximate surface area is 45.8 Å². The predicted octanol–water partition coefficient (Wildman–Crippen LogP) is -0.967. The Bertz CT molecular complexity index is 137. The summed E-state index contributed by atoms with van der Waals surface area (Å²) in [4.78, 5) is 3.69. The van der Waals surface area contributed by atoms with E-state index in [-0.39, 0.29) is 0 Å². The molecular weight excluding hydrogens is 108 g/mol. The van der Waals surface area contributed by atoms with E-state index in [0.29, 0.717) is 12.4 Å². The van der Waals surface area contributed by atoms with Crippen molar-refractivity contribution < 1.29 is 4.52 Å². The Morgan fingerprint density at radius 3 is 3.25 bits per heavy atom. The van der Waals surface area contributed by atoms with Crippen molar-refractivity contribution in [3.05, 3.63) is 12.2 Å². The summed E-state index contributed by atoms with van der Waals surface area (Å²) in [5.74, 6) is 5.44. The highest BCUT2D eigenvalue weighted by Gasteiger charge is 1.92. The molecule has 1 heterocycles. The molecule has 0 saturated carbocycles. The fourth-order valence-corrected chi connectivity index (χ4v) is 0.361. The molecule has 0 spiro atoms. The summed E-state index contributed by atoms with van der Waals surface area (Å²) in [6.45, 7) is 0.417. The molecule has 0 aliphatic rings. The van der Waals surface area contributed by atoms with Crippen molar-refractivity contribution in [1.29, 1.82) is 0 Å². The highest BCUT2D eigenvalue weighted by molar-refractivity contribution is 4.70. The van der Waals surface area contributed by atoms with Gasteiger partial charge in [-0.1, -0.05) is 5.16 Å². The van der Waals surface area contributed by atoms with Crippen LogP contribution in [0.25, 0.3) is 0 Å². The minimum atomic E-state index is 0.417. The average Bonchev–Trinajstić information content (AvgIpc) is 2.19. The van der Waals surface area contributed by atoms with Crippen molar-refractivity contribution in [1.82, 2.24) is 15.6 Å². The van der Waals surface area contributed by atoms with Gasteiger partial charge in [0.1, 0.15) is 0 Å². The number of hydrogen-bond acceptors (Lipinski definition) is 5. The van der Waals surface area contributed by atoms with Crippen molar-refractivity contribution in [3.8, 4) is 0 Å². The third kappa shape index (κ3) is 1.02. The molecule has 0 atom stereocenters. The Hall–Kier alpha value is -0.940. The zero-order chi connectivity index (χ0) is 5.82. The minimum absolute atomic E-state index is 0.417. The van der Waals surface area contributed by atoms with Crippen LogP contribution in [0, 0.1) is 0 Å². The van der Waals surface area contributed by atoms with Gasteiger partial charge in [0.05, 0.1) is 6.54 Å². The lowest BCUT2D eigenvalue weighted by Crippen LogP contribution is -2.20. The number of rotatable bonds is 2. The largest absolute Gasteiger partial charge is 0.338 e. The first-order valence-electron chi connectivity index (χ1n) is 2.12. The highest BCUT2D eigenvalue weighted by atomic mass is 16.5. The van der Waals surface area contributed by atoms with Crippen molar-refractivity contribution >= 4 is 0 Å². The van der Waals surface area contributed by atoms with Crippen molar-refractivity contribution in [2.24, 2.45) is 5.84 Å². The standard InChI is InChI=1S/C3H6N4O/c4-6-1-3-5-2-7-8-3/h2,6H,1,4H2. The molecule has 5 heteroatoms. The van der Waals surface area contributed by atoms with E-state index in [0.717, 1.165) is 0 Å². The molecule has 0 amide bonds. The number of aromatic nitrogens is 2. The monoisotopic (exact) mass is 114 g/mol. The molecule has 0 fully saturated rings. The summed E-state index contributed by atoms with van der Waals surface area (Å²) in [5.41, 5.74) is 2.37. The van der Waals surface area contributed by atoms with Gasteiger partial charge in [0, 0.05) is 0 Å². The number of hydrazine groups is 1. The molecule has 1 aromatic heterocycles. The topological polar surface area (TPSA) is 77.0 Å². The Morgan fingerprint density at radius 1 is 1.88 bits per heavy atom. The van der Waals surface area contributed by atoms with E-state index in [9.17, 15) is 0 Å². The SMILES string of the molecule is NNCc1ncno1. The van der Waals surface area contributed by atoms with Gasteiger partial charge >= 0.3 is 0 Å². The van der Waals surface area contributed by atoms with Gasteiger partial charge in [0.25, 0.3) is 0 Å². The second-order valence-electron chi connectivity index (χ2n) is 1.22. The molecule has 1 rings (SSSR count). The van der Waals surface area contributed by atoms with Crippen LogP contribution in [-0.2, 0) is 6.54 Å². The van der Waals surface area contributed by atoms with Gasteiger partial charge in [0.2, 0.25) is 5.89 Å². The number of nitrogens with two attached hydrogens (primary N) is 1. The zero-order valence-corrected chi connectivity index (χ0v) is 4.16. The summed E-state index contributed by atoms with van der Waals surface area (Å²) in [5, 5.41) is 3.36.